The van der Waals surface area contributed by atoms with Gasteiger partial charge in [-0.1, -0.05) is 6.92 Å². The molecule has 0 aromatic rings. The maximum atomic E-state index is 12.5. The Labute approximate surface area is 114 Å². The largest absolute Gasteiger partial charge is 0.480 e. The van der Waals surface area contributed by atoms with E-state index in [0.717, 1.165) is 6.42 Å². The summed E-state index contributed by atoms with van der Waals surface area (Å²) in [6.07, 6.45) is 0.729. The summed E-state index contributed by atoms with van der Waals surface area (Å²) < 4.78 is 5.56. The lowest BCUT2D eigenvalue weighted by Crippen LogP contribution is -2.56. The lowest BCUT2D eigenvalue weighted by molar-refractivity contribution is -0.138. The Morgan fingerprint density at radius 3 is 2.58 bits per heavy atom. The Bertz CT molecular complexity index is 344. The summed E-state index contributed by atoms with van der Waals surface area (Å²) in [4.78, 5) is 26.5. The number of morpholine rings is 1. The third kappa shape index (κ3) is 4.38. The Hall–Kier alpha value is -1.30. The minimum Gasteiger partial charge on any atom is -0.480 e. The summed E-state index contributed by atoms with van der Waals surface area (Å²) in [5, 5.41) is 8.94. The van der Waals surface area contributed by atoms with Gasteiger partial charge in [-0.15, -0.1) is 0 Å². The van der Waals surface area contributed by atoms with Gasteiger partial charge in [-0.2, -0.15) is 0 Å². The van der Waals surface area contributed by atoms with E-state index in [9.17, 15) is 9.59 Å². The van der Waals surface area contributed by atoms with Gasteiger partial charge in [0.15, 0.2) is 0 Å². The van der Waals surface area contributed by atoms with Crippen LogP contribution in [0.2, 0.25) is 0 Å². The monoisotopic (exact) mass is 272 g/mol. The van der Waals surface area contributed by atoms with Crippen molar-refractivity contribution in [3.05, 3.63) is 0 Å². The van der Waals surface area contributed by atoms with Gasteiger partial charge in [0.2, 0.25) is 0 Å². The van der Waals surface area contributed by atoms with E-state index in [-0.39, 0.29) is 24.2 Å². The molecule has 0 aromatic heterocycles. The van der Waals surface area contributed by atoms with E-state index in [2.05, 4.69) is 0 Å². The topological polar surface area (TPSA) is 70.1 Å². The van der Waals surface area contributed by atoms with Gasteiger partial charge in [-0.3, -0.25) is 4.79 Å². The van der Waals surface area contributed by atoms with Crippen LogP contribution in [0.5, 0.6) is 0 Å². The number of carbonyl (C=O) groups excluding carboxylic acids is 1. The molecule has 1 rings (SSSR count). The van der Waals surface area contributed by atoms with Crippen LogP contribution in [0.4, 0.5) is 4.79 Å². The zero-order valence-electron chi connectivity index (χ0n) is 12.2. The molecule has 1 saturated heterocycles. The zero-order chi connectivity index (χ0) is 14.6. The second-order valence-corrected chi connectivity index (χ2v) is 5.59. The Morgan fingerprint density at radius 2 is 2.11 bits per heavy atom. The molecular weight excluding hydrogens is 248 g/mol. The van der Waals surface area contributed by atoms with E-state index in [1.807, 2.05) is 27.7 Å². The standard InChI is InChI=1S/C13H24N2O4/c1-5-10(2)15(8-11(16)17)12(18)14-6-7-19-13(3,4)9-14/h10H,5-9H2,1-4H3,(H,16,17). The van der Waals surface area contributed by atoms with Crippen LogP contribution in [0.15, 0.2) is 0 Å². The van der Waals surface area contributed by atoms with Crippen LogP contribution in [0.1, 0.15) is 34.1 Å². The average Bonchev–Trinajstić information content (AvgIpc) is 2.32. The molecule has 1 aliphatic heterocycles. The van der Waals surface area contributed by atoms with Crippen LogP contribution in [0, 0.1) is 0 Å². The quantitative estimate of drug-likeness (QED) is 0.840. The molecule has 1 heterocycles. The molecule has 0 aliphatic carbocycles. The Kier molecular flexibility index (Phi) is 5.17. The molecule has 0 radical (unpaired) electrons. The fourth-order valence-electron chi connectivity index (χ4n) is 2.14. The summed E-state index contributed by atoms with van der Waals surface area (Å²) in [6.45, 7) is 8.88. The number of amides is 2. The van der Waals surface area contributed by atoms with Crippen molar-refractivity contribution in [1.29, 1.82) is 0 Å². The third-order valence-corrected chi connectivity index (χ3v) is 3.37. The normalized spacial score (nSPS) is 19.9. The first-order valence-corrected chi connectivity index (χ1v) is 6.68. The molecule has 6 heteroatoms. The molecule has 0 aromatic carbocycles. The fourth-order valence-corrected chi connectivity index (χ4v) is 2.14. The molecule has 19 heavy (non-hydrogen) atoms. The number of hydrogen-bond donors (Lipinski definition) is 1. The number of carbonyl (C=O) groups is 2. The molecule has 110 valence electrons. The molecule has 1 atom stereocenters. The lowest BCUT2D eigenvalue weighted by Gasteiger charge is -2.41. The highest BCUT2D eigenvalue weighted by Gasteiger charge is 2.33. The first-order valence-electron chi connectivity index (χ1n) is 6.68. The van der Waals surface area contributed by atoms with Gasteiger partial charge >= 0.3 is 12.0 Å². The van der Waals surface area contributed by atoms with Crippen LogP contribution in [-0.2, 0) is 9.53 Å². The minimum atomic E-state index is -0.985. The Balaban J connectivity index is 2.78. The van der Waals surface area contributed by atoms with Gasteiger partial charge < -0.3 is 19.6 Å². The lowest BCUT2D eigenvalue weighted by atomic mass is 10.1. The summed E-state index contributed by atoms with van der Waals surface area (Å²) in [7, 11) is 0. The summed E-state index contributed by atoms with van der Waals surface area (Å²) >= 11 is 0. The van der Waals surface area contributed by atoms with Gasteiger partial charge in [0.05, 0.1) is 18.8 Å². The van der Waals surface area contributed by atoms with Gasteiger partial charge in [0.25, 0.3) is 0 Å². The molecule has 0 bridgehead atoms. The number of rotatable bonds is 4. The molecule has 1 N–H and O–H groups in total. The van der Waals surface area contributed by atoms with E-state index in [0.29, 0.717) is 19.7 Å². The van der Waals surface area contributed by atoms with E-state index in [1.165, 1.54) is 4.90 Å². The number of hydrogen-bond acceptors (Lipinski definition) is 3. The predicted octanol–water partition coefficient (Wildman–Crippen LogP) is 1.40. The third-order valence-electron chi connectivity index (χ3n) is 3.37. The second kappa shape index (κ2) is 6.23. The van der Waals surface area contributed by atoms with Crippen molar-refractivity contribution in [2.45, 2.75) is 45.8 Å². The van der Waals surface area contributed by atoms with Crippen molar-refractivity contribution in [2.75, 3.05) is 26.2 Å². The predicted molar refractivity (Wildman–Crippen MR) is 71.1 cm³/mol. The molecular formula is C13H24N2O4. The maximum absolute atomic E-state index is 12.5. The SMILES string of the molecule is CCC(C)N(CC(=O)O)C(=O)N1CCOC(C)(C)C1. The van der Waals surface area contributed by atoms with Crippen LogP contribution in [0.25, 0.3) is 0 Å². The van der Waals surface area contributed by atoms with Crippen molar-refractivity contribution in [1.82, 2.24) is 9.80 Å². The van der Waals surface area contributed by atoms with Gasteiger partial charge in [0.1, 0.15) is 6.54 Å². The van der Waals surface area contributed by atoms with Crippen molar-refractivity contribution in [3.63, 3.8) is 0 Å². The minimum absolute atomic E-state index is 0.0884. The molecule has 6 nitrogen and oxygen atoms in total. The first kappa shape index (κ1) is 15.8. The maximum Gasteiger partial charge on any atom is 0.323 e. The highest BCUT2D eigenvalue weighted by molar-refractivity contribution is 5.80. The summed E-state index contributed by atoms with van der Waals surface area (Å²) in [5.41, 5.74) is -0.377. The average molecular weight is 272 g/mol. The van der Waals surface area contributed by atoms with E-state index < -0.39 is 5.97 Å². The Morgan fingerprint density at radius 1 is 1.47 bits per heavy atom. The summed E-state index contributed by atoms with van der Waals surface area (Å²) in [6, 6.07) is -0.303. The highest BCUT2D eigenvalue weighted by Crippen LogP contribution is 2.18. The fraction of sp³-hybridized carbons (Fsp3) is 0.846. The molecule has 1 unspecified atom stereocenters. The molecule has 0 spiro atoms. The second-order valence-electron chi connectivity index (χ2n) is 5.59. The number of nitrogens with zero attached hydrogens (tertiary/aromatic N) is 2. The van der Waals surface area contributed by atoms with Crippen molar-refractivity contribution in [3.8, 4) is 0 Å². The van der Waals surface area contributed by atoms with Crippen molar-refractivity contribution >= 4 is 12.0 Å². The smallest absolute Gasteiger partial charge is 0.323 e. The highest BCUT2D eigenvalue weighted by atomic mass is 16.5. The molecule has 0 saturated carbocycles. The number of urea groups is 1. The van der Waals surface area contributed by atoms with Crippen LogP contribution < -0.4 is 0 Å². The van der Waals surface area contributed by atoms with Crippen LogP contribution >= 0.6 is 0 Å². The number of aliphatic carboxylic acids is 1. The molecule has 2 amide bonds. The van der Waals surface area contributed by atoms with E-state index in [1.54, 1.807) is 4.90 Å². The first-order chi connectivity index (χ1) is 8.76. The number of carboxylic acids is 1. The van der Waals surface area contributed by atoms with E-state index >= 15 is 0 Å². The number of ether oxygens (including phenoxy) is 1. The van der Waals surface area contributed by atoms with Crippen LogP contribution in [-0.4, -0.2) is 64.8 Å². The van der Waals surface area contributed by atoms with Crippen LogP contribution in [0.3, 0.4) is 0 Å². The summed E-state index contributed by atoms with van der Waals surface area (Å²) in [5.74, 6) is -0.985. The molecule has 1 aliphatic rings. The van der Waals surface area contributed by atoms with Gasteiger partial charge in [0, 0.05) is 12.6 Å². The zero-order valence-corrected chi connectivity index (χ0v) is 12.2. The van der Waals surface area contributed by atoms with Crippen molar-refractivity contribution < 1.29 is 19.4 Å². The van der Waals surface area contributed by atoms with Gasteiger partial charge in [-0.25, -0.2) is 4.79 Å². The number of carboxylic acid groups (broad SMARTS) is 1. The molecule has 1 fully saturated rings. The van der Waals surface area contributed by atoms with E-state index in [4.69, 9.17) is 9.84 Å². The van der Waals surface area contributed by atoms with Gasteiger partial charge in [-0.05, 0) is 27.2 Å². The van der Waals surface area contributed by atoms with Crippen molar-refractivity contribution in [2.24, 2.45) is 0 Å².